The van der Waals surface area contributed by atoms with Crippen LogP contribution in [0.1, 0.15) is 23.4 Å². The number of amides is 1. The fraction of sp³-hybridized carbons (Fsp3) is 0.263. The van der Waals surface area contributed by atoms with Crippen molar-refractivity contribution in [3.63, 3.8) is 0 Å². The van der Waals surface area contributed by atoms with Crippen molar-refractivity contribution in [2.45, 2.75) is 31.2 Å². The monoisotopic (exact) mass is 383 g/mol. The number of fused-ring (bicyclic) bond motifs is 1. The van der Waals surface area contributed by atoms with Crippen molar-refractivity contribution < 1.29 is 9.18 Å². The quantitative estimate of drug-likeness (QED) is 0.684. The van der Waals surface area contributed by atoms with Gasteiger partial charge in [-0.15, -0.1) is 10.2 Å². The van der Waals surface area contributed by atoms with Gasteiger partial charge < -0.3 is 5.32 Å². The molecule has 2 aromatic heterocycles. The lowest BCUT2D eigenvalue weighted by atomic mass is 10.2. The van der Waals surface area contributed by atoms with Crippen LogP contribution in [-0.2, 0) is 17.6 Å². The number of carbonyl (C=O) groups is 1. The van der Waals surface area contributed by atoms with Crippen molar-refractivity contribution in [2.75, 3.05) is 11.1 Å². The third-order valence-electron chi connectivity index (χ3n) is 4.51. The molecule has 1 aliphatic carbocycles. The molecular weight excluding hydrogens is 365 g/mol. The number of rotatable bonds is 5. The van der Waals surface area contributed by atoms with Crippen LogP contribution in [-0.4, -0.2) is 31.6 Å². The molecule has 0 saturated heterocycles. The average molecular weight is 383 g/mol. The molecule has 0 aliphatic heterocycles. The summed E-state index contributed by atoms with van der Waals surface area (Å²) in [5.41, 5.74) is 3.76. The van der Waals surface area contributed by atoms with Gasteiger partial charge in [-0.25, -0.2) is 9.07 Å². The normalized spacial score (nSPS) is 12.8. The minimum atomic E-state index is -0.457. The van der Waals surface area contributed by atoms with Gasteiger partial charge >= 0.3 is 0 Å². The Morgan fingerprint density at radius 2 is 2.07 bits per heavy atom. The van der Waals surface area contributed by atoms with E-state index in [4.69, 9.17) is 0 Å². The number of benzene rings is 1. The Morgan fingerprint density at radius 3 is 2.81 bits per heavy atom. The van der Waals surface area contributed by atoms with E-state index in [0.717, 1.165) is 30.7 Å². The van der Waals surface area contributed by atoms with Gasteiger partial charge in [0.2, 0.25) is 5.91 Å². The molecular formula is C19H18FN5OS. The van der Waals surface area contributed by atoms with Gasteiger partial charge in [0.1, 0.15) is 10.8 Å². The van der Waals surface area contributed by atoms with E-state index in [0.29, 0.717) is 10.8 Å². The van der Waals surface area contributed by atoms with Crippen LogP contribution in [0.4, 0.5) is 10.1 Å². The van der Waals surface area contributed by atoms with E-state index in [9.17, 15) is 9.18 Å². The summed E-state index contributed by atoms with van der Waals surface area (Å²) in [5.74, 6) is 0.0381. The molecule has 0 spiro atoms. The van der Waals surface area contributed by atoms with Crippen LogP contribution >= 0.6 is 11.8 Å². The molecule has 0 unspecified atom stereocenters. The topological polar surface area (TPSA) is 72.7 Å². The van der Waals surface area contributed by atoms with Crippen molar-refractivity contribution in [2.24, 2.45) is 0 Å². The number of halogens is 1. The number of hydrogen-bond acceptors (Lipinski definition) is 5. The number of carbonyl (C=O) groups excluding carboxylic acids is 1. The maximum atomic E-state index is 13.6. The number of nitrogens with one attached hydrogen (secondary N) is 1. The number of aryl methyl sites for hydroxylation is 1. The number of thioether (sulfide) groups is 1. The zero-order valence-corrected chi connectivity index (χ0v) is 15.6. The first-order valence-electron chi connectivity index (χ1n) is 8.70. The number of aromatic nitrogens is 4. The highest BCUT2D eigenvalue weighted by Gasteiger charge is 2.20. The number of para-hydroxylation sites is 1. The second-order valence-corrected chi connectivity index (χ2v) is 7.32. The fourth-order valence-corrected chi connectivity index (χ4v) is 3.78. The van der Waals surface area contributed by atoms with E-state index in [1.54, 1.807) is 12.1 Å². The summed E-state index contributed by atoms with van der Waals surface area (Å²) < 4.78 is 15.4. The number of nitrogens with zero attached hydrogens (tertiary/aromatic N) is 4. The molecule has 0 saturated carbocycles. The summed E-state index contributed by atoms with van der Waals surface area (Å²) in [6, 6.07) is 9.74. The van der Waals surface area contributed by atoms with E-state index < -0.39 is 5.82 Å². The van der Waals surface area contributed by atoms with Gasteiger partial charge in [-0.3, -0.25) is 4.79 Å². The van der Waals surface area contributed by atoms with E-state index >= 15 is 0 Å². The Kier molecular flexibility index (Phi) is 4.89. The van der Waals surface area contributed by atoms with Crippen LogP contribution in [0.25, 0.3) is 5.82 Å². The lowest BCUT2D eigenvalue weighted by Crippen LogP contribution is -2.15. The first kappa shape index (κ1) is 17.7. The van der Waals surface area contributed by atoms with Crippen molar-refractivity contribution >= 4 is 23.4 Å². The summed E-state index contributed by atoms with van der Waals surface area (Å²) >= 11 is 1.25. The second kappa shape index (κ2) is 7.48. The Bertz CT molecular complexity index is 986. The fourth-order valence-electron chi connectivity index (χ4n) is 3.17. The Balaban J connectivity index is 1.38. The predicted octanol–water partition coefficient (Wildman–Crippen LogP) is 3.33. The molecule has 1 aromatic carbocycles. The summed E-state index contributed by atoms with van der Waals surface area (Å²) in [7, 11) is 0. The molecule has 1 N–H and O–H groups in total. The summed E-state index contributed by atoms with van der Waals surface area (Å²) in [6.45, 7) is 2.05. The van der Waals surface area contributed by atoms with E-state index in [-0.39, 0.29) is 17.3 Å². The molecule has 0 atom stereocenters. The van der Waals surface area contributed by atoms with Crippen LogP contribution in [0.2, 0.25) is 0 Å². The molecule has 0 radical (unpaired) electrons. The molecule has 4 rings (SSSR count). The van der Waals surface area contributed by atoms with E-state index in [2.05, 4.69) is 27.5 Å². The van der Waals surface area contributed by atoms with Gasteiger partial charge in [0.25, 0.3) is 0 Å². The molecule has 2 heterocycles. The lowest BCUT2D eigenvalue weighted by molar-refractivity contribution is -0.113. The Labute approximate surface area is 160 Å². The number of anilines is 1. The molecule has 0 bridgehead atoms. The van der Waals surface area contributed by atoms with Crippen molar-refractivity contribution in [1.29, 1.82) is 0 Å². The minimum Gasteiger partial charge on any atom is -0.323 e. The van der Waals surface area contributed by atoms with E-state index in [1.165, 1.54) is 29.5 Å². The van der Waals surface area contributed by atoms with Crippen LogP contribution in [0, 0.1) is 12.7 Å². The molecule has 1 aliphatic rings. The summed E-state index contributed by atoms with van der Waals surface area (Å²) in [4.78, 5) is 12.0. The zero-order chi connectivity index (χ0) is 18.8. The molecule has 27 heavy (non-hydrogen) atoms. The van der Waals surface area contributed by atoms with Crippen molar-refractivity contribution in [1.82, 2.24) is 20.0 Å². The Morgan fingerprint density at radius 1 is 1.22 bits per heavy atom. The van der Waals surface area contributed by atoms with Crippen LogP contribution < -0.4 is 5.32 Å². The van der Waals surface area contributed by atoms with Crippen LogP contribution in [0.5, 0.6) is 0 Å². The third-order valence-corrected chi connectivity index (χ3v) is 5.43. The number of hydrogen-bond donors (Lipinski definition) is 1. The van der Waals surface area contributed by atoms with Crippen LogP contribution in [0.15, 0.2) is 41.4 Å². The molecule has 1 amide bonds. The molecule has 8 heteroatoms. The van der Waals surface area contributed by atoms with Gasteiger partial charge in [-0.05, 0) is 56.0 Å². The molecule has 138 valence electrons. The van der Waals surface area contributed by atoms with Crippen molar-refractivity contribution in [3.8, 4) is 5.82 Å². The summed E-state index contributed by atoms with van der Waals surface area (Å²) in [6.07, 6.45) is 3.25. The second-order valence-electron chi connectivity index (χ2n) is 6.32. The maximum Gasteiger partial charge on any atom is 0.234 e. The zero-order valence-electron chi connectivity index (χ0n) is 14.8. The van der Waals surface area contributed by atoms with Gasteiger partial charge in [0, 0.05) is 5.69 Å². The molecule has 0 fully saturated rings. The highest BCUT2D eigenvalue weighted by molar-refractivity contribution is 7.99. The highest BCUT2D eigenvalue weighted by atomic mass is 32.2. The van der Waals surface area contributed by atoms with E-state index in [1.807, 2.05) is 16.8 Å². The smallest absolute Gasteiger partial charge is 0.234 e. The van der Waals surface area contributed by atoms with Gasteiger partial charge in [0.15, 0.2) is 5.82 Å². The SMILES string of the molecule is Cc1c2c(nn1-c1ccc(SCC(=O)Nc3ccccc3F)nn1)CCC2. The lowest BCUT2D eigenvalue weighted by Gasteiger charge is -2.06. The maximum absolute atomic E-state index is 13.6. The first-order chi connectivity index (χ1) is 13.1. The predicted molar refractivity (Wildman–Crippen MR) is 102 cm³/mol. The summed E-state index contributed by atoms with van der Waals surface area (Å²) in [5, 5.41) is 16.2. The first-order valence-corrected chi connectivity index (χ1v) is 9.69. The average Bonchev–Trinajstić information content (AvgIpc) is 3.26. The molecule has 3 aromatic rings. The molecule has 6 nitrogen and oxygen atoms in total. The van der Waals surface area contributed by atoms with Gasteiger partial charge in [0.05, 0.1) is 17.1 Å². The van der Waals surface area contributed by atoms with Crippen molar-refractivity contribution in [3.05, 3.63) is 59.2 Å². The Hall–Kier alpha value is -2.74. The van der Waals surface area contributed by atoms with Gasteiger partial charge in [-0.2, -0.15) is 5.10 Å². The van der Waals surface area contributed by atoms with Gasteiger partial charge in [-0.1, -0.05) is 23.9 Å². The highest BCUT2D eigenvalue weighted by Crippen LogP contribution is 2.26. The third kappa shape index (κ3) is 3.71. The minimum absolute atomic E-state index is 0.122. The van der Waals surface area contributed by atoms with Crippen LogP contribution in [0.3, 0.4) is 0 Å². The largest absolute Gasteiger partial charge is 0.323 e. The standard InChI is InChI=1S/C19H18FN5OS/c1-12-13-5-4-8-15(13)24-25(12)17-9-10-19(23-22-17)27-11-18(26)21-16-7-3-2-6-14(16)20/h2-3,6-7,9-10H,4-5,8,11H2,1H3,(H,21,26).